The molecule has 2 nitrogen and oxygen atoms in total. The van der Waals surface area contributed by atoms with Crippen molar-refractivity contribution in [1.29, 1.82) is 0 Å². The normalized spacial score (nSPS) is 17.6. The quantitative estimate of drug-likeness (QED) is 0.576. The maximum absolute atomic E-state index is 13.9. The van der Waals surface area contributed by atoms with Gasteiger partial charge in [-0.05, 0) is 40.9 Å². The molecule has 0 bridgehead atoms. The predicted octanol–water partition coefficient (Wildman–Crippen LogP) is 3.95. The van der Waals surface area contributed by atoms with Crippen LogP contribution in [0.1, 0.15) is 18.4 Å². The van der Waals surface area contributed by atoms with E-state index < -0.39 is 11.6 Å². The van der Waals surface area contributed by atoms with E-state index in [1.807, 2.05) is 0 Å². The number of halogens is 4. The molecule has 1 fully saturated rings. The van der Waals surface area contributed by atoms with Crippen LogP contribution >= 0.6 is 27.5 Å². The molecule has 6 heteroatoms. The van der Waals surface area contributed by atoms with E-state index in [1.54, 1.807) is 0 Å². The molecule has 0 unspecified atom stereocenters. The van der Waals surface area contributed by atoms with E-state index in [1.165, 1.54) is 12.1 Å². The van der Waals surface area contributed by atoms with E-state index in [-0.39, 0.29) is 11.7 Å². The smallest absolute Gasteiger partial charge is 0.144 e. The standard InChI is InChI=1S/C14H17BrClF2NO/c15-12-1-2-13(17)11(14(12)18)9-19-6-3-10(4-7-19)20-8-5-16/h1-2,10H,3-9H2. The minimum Gasteiger partial charge on any atom is -0.377 e. The molecule has 1 saturated heterocycles. The second kappa shape index (κ2) is 7.69. The molecule has 0 aliphatic carbocycles. The van der Waals surface area contributed by atoms with Crippen LogP contribution in [0, 0.1) is 11.6 Å². The molecular weight excluding hydrogens is 352 g/mol. The Morgan fingerprint density at radius 1 is 1.30 bits per heavy atom. The summed E-state index contributed by atoms with van der Waals surface area (Å²) in [7, 11) is 0. The lowest BCUT2D eigenvalue weighted by Gasteiger charge is -2.32. The molecule has 0 spiro atoms. The Morgan fingerprint density at radius 3 is 2.65 bits per heavy atom. The minimum absolute atomic E-state index is 0.125. The predicted molar refractivity (Wildman–Crippen MR) is 79.0 cm³/mol. The molecule has 0 saturated carbocycles. The van der Waals surface area contributed by atoms with E-state index in [4.69, 9.17) is 16.3 Å². The number of hydrogen-bond acceptors (Lipinski definition) is 2. The summed E-state index contributed by atoms with van der Waals surface area (Å²) in [6, 6.07) is 2.68. The maximum atomic E-state index is 13.9. The van der Waals surface area contributed by atoms with Crippen LogP contribution in [0.15, 0.2) is 16.6 Å². The number of rotatable bonds is 5. The van der Waals surface area contributed by atoms with Crippen LogP contribution in [-0.4, -0.2) is 36.6 Å². The van der Waals surface area contributed by atoms with Crippen molar-refractivity contribution in [3.8, 4) is 0 Å². The molecule has 1 heterocycles. The van der Waals surface area contributed by atoms with Crippen LogP contribution in [0.25, 0.3) is 0 Å². The first-order chi connectivity index (χ1) is 9.61. The summed E-state index contributed by atoms with van der Waals surface area (Å²) in [5.41, 5.74) is 0.125. The van der Waals surface area contributed by atoms with Crippen molar-refractivity contribution in [2.45, 2.75) is 25.5 Å². The minimum atomic E-state index is -0.509. The zero-order chi connectivity index (χ0) is 14.5. The van der Waals surface area contributed by atoms with Crippen LogP contribution in [0.3, 0.4) is 0 Å². The molecule has 0 radical (unpaired) electrons. The average Bonchev–Trinajstić information content (AvgIpc) is 2.47. The monoisotopic (exact) mass is 367 g/mol. The summed E-state index contributed by atoms with van der Waals surface area (Å²) in [5.74, 6) is -0.508. The van der Waals surface area contributed by atoms with Gasteiger partial charge in [0.25, 0.3) is 0 Å². The van der Waals surface area contributed by atoms with Crippen LogP contribution in [0.2, 0.25) is 0 Å². The van der Waals surface area contributed by atoms with Crippen LogP contribution in [-0.2, 0) is 11.3 Å². The fourth-order valence-electron chi connectivity index (χ4n) is 2.38. The van der Waals surface area contributed by atoms with Crippen molar-refractivity contribution in [3.05, 3.63) is 33.8 Å². The molecule has 0 N–H and O–H groups in total. The van der Waals surface area contributed by atoms with Gasteiger partial charge in [0.15, 0.2) is 0 Å². The fraction of sp³-hybridized carbons (Fsp3) is 0.571. The number of hydrogen-bond donors (Lipinski definition) is 0. The molecule has 1 aromatic carbocycles. The highest BCUT2D eigenvalue weighted by Gasteiger charge is 2.22. The van der Waals surface area contributed by atoms with Gasteiger partial charge < -0.3 is 4.74 Å². The van der Waals surface area contributed by atoms with Gasteiger partial charge in [0.2, 0.25) is 0 Å². The van der Waals surface area contributed by atoms with Gasteiger partial charge in [0.05, 0.1) is 17.2 Å². The topological polar surface area (TPSA) is 12.5 Å². The highest BCUT2D eigenvalue weighted by Crippen LogP contribution is 2.24. The van der Waals surface area contributed by atoms with Gasteiger partial charge in [0.1, 0.15) is 11.6 Å². The number of nitrogens with zero attached hydrogens (tertiary/aromatic N) is 1. The molecule has 20 heavy (non-hydrogen) atoms. The Balaban J connectivity index is 1.91. The molecule has 0 atom stereocenters. The molecule has 112 valence electrons. The Morgan fingerprint density at radius 2 is 2.00 bits per heavy atom. The molecule has 0 aromatic heterocycles. The molecule has 0 amide bonds. The maximum Gasteiger partial charge on any atom is 0.144 e. The zero-order valence-corrected chi connectivity index (χ0v) is 13.4. The van der Waals surface area contributed by atoms with Crippen molar-refractivity contribution in [2.75, 3.05) is 25.6 Å². The lowest BCUT2D eigenvalue weighted by atomic mass is 10.1. The number of likely N-dealkylation sites (tertiary alicyclic amines) is 1. The van der Waals surface area contributed by atoms with Crippen molar-refractivity contribution in [2.24, 2.45) is 0 Å². The largest absolute Gasteiger partial charge is 0.377 e. The van der Waals surface area contributed by atoms with Crippen LogP contribution < -0.4 is 0 Å². The Kier molecular flexibility index (Phi) is 6.20. The third-order valence-corrected chi connectivity index (χ3v) is 4.25. The molecule has 2 rings (SSSR count). The van der Waals surface area contributed by atoms with Gasteiger partial charge in [-0.3, -0.25) is 4.90 Å². The second-order valence-corrected chi connectivity index (χ2v) is 6.09. The van der Waals surface area contributed by atoms with E-state index in [9.17, 15) is 8.78 Å². The second-order valence-electron chi connectivity index (χ2n) is 4.86. The highest BCUT2D eigenvalue weighted by molar-refractivity contribution is 9.10. The fourth-order valence-corrected chi connectivity index (χ4v) is 2.84. The summed E-state index contributed by atoms with van der Waals surface area (Å²) >= 11 is 8.67. The lowest BCUT2D eigenvalue weighted by Crippen LogP contribution is -2.37. The van der Waals surface area contributed by atoms with Crippen molar-refractivity contribution < 1.29 is 13.5 Å². The van der Waals surface area contributed by atoms with E-state index >= 15 is 0 Å². The SMILES string of the molecule is Fc1ccc(Br)c(F)c1CN1CCC(OCCCl)CC1. The summed E-state index contributed by atoms with van der Waals surface area (Å²) in [4.78, 5) is 2.05. The highest BCUT2D eigenvalue weighted by atomic mass is 79.9. The first kappa shape index (κ1) is 16.1. The average molecular weight is 369 g/mol. The lowest BCUT2D eigenvalue weighted by molar-refractivity contribution is 0.0130. The van der Waals surface area contributed by atoms with Crippen molar-refractivity contribution in [1.82, 2.24) is 4.90 Å². The van der Waals surface area contributed by atoms with Gasteiger partial charge in [0, 0.05) is 31.1 Å². The first-order valence-electron chi connectivity index (χ1n) is 6.64. The van der Waals surface area contributed by atoms with Crippen LogP contribution in [0.4, 0.5) is 8.78 Å². The van der Waals surface area contributed by atoms with Gasteiger partial charge in [-0.1, -0.05) is 0 Å². The molecule has 1 aromatic rings. The Hall–Kier alpha value is -0.230. The van der Waals surface area contributed by atoms with E-state index in [0.717, 1.165) is 25.9 Å². The van der Waals surface area contributed by atoms with Crippen molar-refractivity contribution in [3.63, 3.8) is 0 Å². The van der Waals surface area contributed by atoms with Gasteiger partial charge in [-0.25, -0.2) is 8.78 Å². The van der Waals surface area contributed by atoms with Crippen LogP contribution in [0.5, 0.6) is 0 Å². The Bertz CT molecular complexity index is 453. The summed E-state index contributed by atoms with van der Waals surface area (Å²) in [6.07, 6.45) is 1.95. The first-order valence-corrected chi connectivity index (χ1v) is 7.97. The summed E-state index contributed by atoms with van der Waals surface area (Å²) in [5, 5.41) is 0. The summed E-state index contributed by atoms with van der Waals surface area (Å²) < 4.78 is 33.5. The van der Waals surface area contributed by atoms with Gasteiger partial charge in [-0.2, -0.15) is 0 Å². The Labute approximate surface area is 131 Å². The third kappa shape index (κ3) is 4.13. The molecular formula is C14H17BrClF2NO. The van der Waals surface area contributed by atoms with Crippen molar-refractivity contribution >= 4 is 27.5 Å². The van der Waals surface area contributed by atoms with E-state index in [0.29, 0.717) is 23.5 Å². The molecule has 1 aliphatic heterocycles. The number of ether oxygens (including phenoxy) is 1. The van der Waals surface area contributed by atoms with E-state index in [2.05, 4.69) is 20.8 Å². The summed E-state index contributed by atoms with van der Waals surface area (Å²) in [6.45, 7) is 2.40. The van der Waals surface area contributed by atoms with Gasteiger partial charge in [-0.15, -0.1) is 11.6 Å². The number of benzene rings is 1. The van der Waals surface area contributed by atoms with Gasteiger partial charge >= 0.3 is 0 Å². The number of piperidine rings is 1. The number of alkyl halides is 1. The molecule has 1 aliphatic rings. The zero-order valence-electron chi connectivity index (χ0n) is 11.0. The third-order valence-electron chi connectivity index (χ3n) is 3.49.